The zero-order valence-corrected chi connectivity index (χ0v) is 18.9. The lowest BCUT2D eigenvalue weighted by Crippen LogP contribution is -2.40. The van der Waals surface area contributed by atoms with Crippen LogP contribution in [0.2, 0.25) is 5.02 Å². The Kier molecular flexibility index (Phi) is 7.04. The monoisotopic (exact) mass is 478 g/mol. The van der Waals surface area contributed by atoms with Gasteiger partial charge in [-0.05, 0) is 47.9 Å². The maximum Gasteiger partial charge on any atom is 0.124 e. The average Bonchev–Trinajstić information content (AvgIpc) is 3.10. The lowest BCUT2D eigenvalue weighted by atomic mass is 9.92. The fourth-order valence-corrected chi connectivity index (χ4v) is 3.61. The van der Waals surface area contributed by atoms with Gasteiger partial charge in [0, 0.05) is 27.7 Å². The number of benzene rings is 2. The van der Waals surface area contributed by atoms with Gasteiger partial charge in [-0.15, -0.1) is 0 Å². The SMILES string of the molecule is CC1(CBr)COC1.CC1C=CC=C1c1cc(Nc2ccc(F)cc2Cl)ccc1N. The molecule has 2 aliphatic rings. The molecule has 1 saturated heterocycles. The van der Waals surface area contributed by atoms with E-state index in [0.717, 1.165) is 35.5 Å². The van der Waals surface area contributed by atoms with Gasteiger partial charge in [0.2, 0.25) is 0 Å². The number of ether oxygens (including phenoxy) is 1. The maximum absolute atomic E-state index is 13.1. The van der Waals surface area contributed by atoms with Gasteiger partial charge in [0.1, 0.15) is 5.82 Å². The number of hydrogen-bond acceptors (Lipinski definition) is 3. The van der Waals surface area contributed by atoms with E-state index in [-0.39, 0.29) is 5.82 Å². The molecule has 0 saturated carbocycles. The minimum atomic E-state index is -0.357. The molecule has 1 aliphatic heterocycles. The lowest BCUT2D eigenvalue weighted by molar-refractivity contribution is -0.0854. The summed E-state index contributed by atoms with van der Waals surface area (Å²) in [6.45, 7) is 6.20. The molecule has 154 valence electrons. The molecule has 4 rings (SSSR count). The van der Waals surface area contributed by atoms with Crippen LogP contribution in [0.25, 0.3) is 5.57 Å². The first-order valence-electron chi connectivity index (χ1n) is 9.45. The summed E-state index contributed by atoms with van der Waals surface area (Å²) in [6.07, 6.45) is 6.24. The van der Waals surface area contributed by atoms with Crippen molar-refractivity contribution in [2.45, 2.75) is 13.8 Å². The maximum atomic E-state index is 13.1. The van der Waals surface area contributed by atoms with E-state index >= 15 is 0 Å². The van der Waals surface area contributed by atoms with Crippen molar-refractivity contribution < 1.29 is 9.13 Å². The molecule has 29 heavy (non-hydrogen) atoms. The minimum absolute atomic E-state index is 0.340. The summed E-state index contributed by atoms with van der Waals surface area (Å²) >= 11 is 9.45. The topological polar surface area (TPSA) is 47.3 Å². The minimum Gasteiger partial charge on any atom is -0.398 e. The van der Waals surface area contributed by atoms with Crippen molar-refractivity contribution in [1.82, 2.24) is 0 Å². The lowest BCUT2D eigenvalue weighted by Gasteiger charge is -2.36. The number of anilines is 3. The summed E-state index contributed by atoms with van der Waals surface area (Å²) in [4.78, 5) is 0. The zero-order chi connectivity index (χ0) is 21.0. The smallest absolute Gasteiger partial charge is 0.124 e. The van der Waals surface area contributed by atoms with Crippen molar-refractivity contribution >= 4 is 50.2 Å². The predicted octanol–water partition coefficient (Wildman–Crippen LogP) is 6.81. The third-order valence-electron chi connectivity index (χ3n) is 4.96. The second-order valence-corrected chi connectivity index (χ2v) is 8.75. The largest absolute Gasteiger partial charge is 0.398 e. The fraction of sp³-hybridized carbons (Fsp3) is 0.304. The Hall–Kier alpha value is -1.82. The highest BCUT2D eigenvalue weighted by atomic mass is 79.9. The van der Waals surface area contributed by atoms with E-state index in [1.807, 2.05) is 24.3 Å². The van der Waals surface area contributed by atoms with Gasteiger partial charge in [-0.2, -0.15) is 0 Å². The first-order chi connectivity index (χ1) is 13.8. The summed E-state index contributed by atoms with van der Waals surface area (Å²) in [6, 6.07) is 10.0. The van der Waals surface area contributed by atoms with Crippen molar-refractivity contribution in [1.29, 1.82) is 0 Å². The number of halogens is 3. The summed E-state index contributed by atoms with van der Waals surface area (Å²) in [5.74, 6) is -0.0171. The third kappa shape index (κ3) is 5.41. The molecule has 1 aliphatic carbocycles. The quantitative estimate of drug-likeness (QED) is 0.374. The third-order valence-corrected chi connectivity index (χ3v) is 6.63. The van der Waals surface area contributed by atoms with Crippen molar-refractivity contribution in [3.63, 3.8) is 0 Å². The van der Waals surface area contributed by atoms with Gasteiger partial charge in [-0.25, -0.2) is 4.39 Å². The molecular weight excluding hydrogens is 455 g/mol. The molecule has 3 nitrogen and oxygen atoms in total. The second kappa shape index (κ2) is 9.33. The summed E-state index contributed by atoms with van der Waals surface area (Å²) in [7, 11) is 0. The van der Waals surface area contributed by atoms with E-state index in [1.54, 1.807) is 6.07 Å². The van der Waals surface area contributed by atoms with E-state index in [4.69, 9.17) is 22.1 Å². The first-order valence-corrected chi connectivity index (χ1v) is 11.0. The Balaban J connectivity index is 0.000000290. The van der Waals surface area contributed by atoms with Crippen LogP contribution in [0.3, 0.4) is 0 Å². The standard InChI is InChI=1S/C18H16ClFN2.C5H9BrO/c1-11-3-2-4-14(11)15-10-13(6-7-17(15)21)22-18-8-5-12(20)9-16(18)19;1-5(2-6)3-7-4-5/h2-11,22H,21H2,1H3;2-4H2,1H3. The van der Waals surface area contributed by atoms with Gasteiger partial charge in [-0.3, -0.25) is 0 Å². The number of rotatable bonds is 4. The van der Waals surface area contributed by atoms with Crippen LogP contribution >= 0.6 is 27.5 Å². The van der Waals surface area contributed by atoms with Crippen molar-refractivity contribution in [2.75, 3.05) is 29.6 Å². The van der Waals surface area contributed by atoms with E-state index in [9.17, 15) is 4.39 Å². The summed E-state index contributed by atoms with van der Waals surface area (Å²) in [5, 5.41) is 4.61. The van der Waals surface area contributed by atoms with Gasteiger partial charge in [0.25, 0.3) is 0 Å². The van der Waals surface area contributed by atoms with Crippen LogP contribution < -0.4 is 11.1 Å². The molecule has 2 aromatic carbocycles. The van der Waals surface area contributed by atoms with E-state index in [1.165, 1.54) is 17.7 Å². The van der Waals surface area contributed by atoms with Crippen LogP contribution in [0.5, 0.6) is 0 Å². The number of alkyl halides is 1. The van der Waals surface area contributed by atoms with Crippen LogP contribution in [-0.4, -0.2) is 18.5 Å². The average molecular weight is 480 g/mol. The molecule has 3 N–H and O–H groups in total. The molecule has 6 heteroatoms. The van der Waals surface area contributed by atoms with Gasteiger partial charge in [0.15, 0.2) is 0 Å². The number of nitrogens with one attached hydrogen (secondary N) is 1. The van der Waals surface area contributed by atoms with Crippen LogP contribution in [-0.2, 0) is 4.74 Å². The predicted molar refractivity (Wildman–Crippen MR) is 125 cm³/mol. The van der Waals surface area contributed by atoms with Crippen LogP contribution in [0.1, 0.15) is 19.4 Å². The van der Waals surface area contributed by atoms with Gasteiger partial charge >= 0.3 is 0 Å². The molecule has 0 spiro atoms. The number of hydrogen-bond donors (Lipinski definition) is 2. The normalized spacial score (nSPS) is 19.1. The van der Waals surface area contributed by atoms with Crippen molar-refractivity contribution in [3.8, 4) is 0 Å². The molecule has 1 unspecified atom stereocenters. The van der Waals surface area contributed by atoms with E-state index in [0.29, 0.717) is 22.0 Å². The molecule has 2 aromatic rings. The molecule has 0 bridgehead atoms. The number of nitrogens with two attached hydrogens (primary N) is 1. The van der Waals surface area contributed by atoms with Crippen molar-refractivity contribution in [2.24, 2.45) is 11.3 Å². The van der Waals surface area contributed by atoms with E-state index in [2.05, 4.69) is 47.2 Å². The van der Waals surface area contributed by atoms with Gasteiger partial charge in [0.05, 0.1) is 23.9 Å². The molecule has 1 heterocycles. The molecule has 0 aromatic heterocycles. The van der Waals surface area contributed by atoms with Crippen molar-refractivity contribution in [3.05, 3.63) is 71.0 Å². The van der Waals surface area contributed by atoms with Crippen LogP contribution in [0.4, 0.5) is 21.5 Å². The van der Waals surface area contributed by atoms with Crippen LogP contribution in [0.15, 0.2) is 54.6 Å². The molecule has 0 amide bonds. The second-order valence-electron chi connectivity index (χ2n) is 7.78. The van der Waals surface area contributed by atoms with Gasteiger partial charge in [-0.1, -0.05) is 59.6 Å². The Morgan fingerprint density at radius 3 is 2.55 bits per heavy atom. The Labute approximate surface area is 184 Å². The molecule has 1 atom stereocenters. The number of allylic oxidation sites excluding steroid dienone is 4. The first kappa shape index (κ1) is 21.9. The molecular formula is C23H25BrClFN2O. The highest BCUT2D eigenvalue weighted by molar-refractivity contribution is 9.09. The van der Waals surface area contributed by atoms with Gasteiger partial charge < -0.3 is 15.8 Å². The number of nitrogen functional groups attached to an aromatic ring is 1. The molecule has 0 radical (unpaired) electrons. The van der Waals surface area contributed by atoms with E-state index < -0.39 is 0 Å². The summed E-state index contributed by atoms with van der Waals surface area (Å²) in [5.41, 5.74) is 11.0. The Morgan fingerprint density at radius 2 is 2.03 bits per heavy atom. The molecule has 1 fully saturated rings. The Bertz CT molecular complexity index is 935. The highest BCUT2D eigenvalue weighted by Gasteiger charge is 2.31. The zero-order valence-electron chi connectivity index (χ0n) is 16.5. The summed E-state index contributed by atoms with van der Waals surface area (Å²) < 4.78 is 18.1. The Morgan fingerprint density at radius 1 is 1.28 bits per heavy atom. The van der Waals surface area contributed by atoms with Crippen LogP contribution in [0, 0.1) is 17.2 Å². The highest BCUT2D eigenvalue weighted by Crippen LogP contribution is 2.35. The fourth-order valence-electron chi connectivity index (χ4n) is 3.07.